The lowest BCUT2D eigenvalue weighted by Crippen LogP contribution is -2.37. The second-order valence-corrected chi connectivity index (χ2v) is 5.74. The molecular weight excluding hydrogens is 266 g/mol. The Morgan fingerprint density at radius 1 is 1.43 bits per heavy atom. The van der Waals surface area contributed by atoms with Gasteiger partial charge in [-0.2, -0.15) is 0 Å². The van der Waals surface area contributed by atoms with Crippen LogP contribution in [0.25, 0.3) is 0 Å². The van der Waals surface area contributed by atoms with Gasteiger partial charge in [-0.15, -0.1) is 0 Å². The number of nitrogen functional groups attached to an aromatic ring is 1. The average molecular weight is 293 g/mol. The van der Waals surface area contributed by atoms with Crippen molar-refractivity contribution in [2.45, 2.75) is 52.0 Å². The molecular formula is C15H27N5O. The molecule has 0 radical (unpaired) electrons. The average Bonchev–Trinajstić information content (AvgIpc) is 3.33. The van der Waals surface area contributed by atoms with Gasteiger partial charge in [-0.1, -0.05) is 6.92 Å². The standard InChI is InChI=1S/C15H27N5O/c1-5-10(2)20(8-9-21-4)15-11(3)13(19-16)17-14(18-15)12-6-7-12/h10,12H,5-9,16H2,1-4H3,(H,17,18,19). The molecule has 0 aliphatic heterocycles. The van der Waals surface area contributed by atoms with Crippen molar-refractivity contribution in [1.82, 2.24) is 9.97 Å². The van der Waals surface area contributed by atoms with Crippen LogP contribution in [0.1, 0.15) is 50.4 Å². The SMILES string of the molecule is CCC(C)N(CCOC)c1nc(C2CC2)nc(NN)c1C. The lowest BCUT2D eigenvalue weighted by atomic mass is 10.2. The Hall–Kier alpha value is -1.40. The van der Waals surface area contributed by atoms with Crippen LogP contribution in [0.5, 0.6) is 0 Å². The number of rotatable bonds is 8. The van der Waals surface area contributed by atoms with Gasteiger partial charge < -0.3 is 15.1 Å². The van der Waals surface area contributed by atoms with Crippen LogP contribution in [-0.2, 0) is 4.74 Å². The van der Waals surface area contributed by atoms with Gasteiger partial charge in [0.05, 0.1) is 6.61 Å². The van der Waals surface area contributed by atoms with E-state index in [1.165, 1.54) is 12.8 Å². The molecule has 0 aromatic carbocycles. The number of hydrazine groups is 1. The summed E-state index contributed by atoms with van der Waals surface area (Å²) in [5, 5.41) is 0. The smallest absolute Gasteiger partial charge is 0.148 e. The van der Waals surface area contributed by atoms with Crippen molar-refractivity contribution >= 4 is 11.6 Å². The molecule has 6 nitrogen and oxygen atoms in total. The highest BCUT2D eigenvalue weighted by Gasteiger charge is 2.29. The Morgan fingerprint density at radius 3 is 2.67 bits per heavy atom. The van der Waals surface area contributed by atoms with Crippen LogP contribution in [0.3, 0.4) is 0 Å². The van der Waals surface area contributed by atoms with E-state index in [-0.39, 0.29) is 0 Å². The number of nitrogens with zero attached hydrogens (tertiary/aromatic N) is 3. The maximum absolute atomic E-state index is 5.63. The molecule has 1 saturated carbocycles. The zero-order valence-electron chi connectivity index (χ0n) is 13.5. The van der Waals surface area contributed by atoms with Crippen LogP contribution in [0, 0.1) is 6.92 Å². The Balaban J connectivity index is 2.38. The lowest BCUT2D eigenvalue weighted by Gasteiger charge is -2.31. The van der Waals surface area contributed by atoms with Crippen LogP contribution in [0.2, 0.25) is 0 Å². The fourth-order valence-electron chi connectivity index (χ4n) is 2.41. The molecule has 0 amide bonds. The van der Waals surface area contributed by atoms with Crippen molar-refractivity contribution in [2.24, 2.45) is 5.84 Å². The van der Waals surface area contributed by atoms with Crippen LogP contribution in [0.4, 0.5) is 11.6 Å². The highest BCUT2D eigenvalue weighted by Crippen LogP contribution is 2.40. The number of hydrogen-bond donors (Lipinski definition) is 2. The zero-order valence-corrected chi connectivity index (χ0v) is 13.5. The van der Waals surface area contributed by atoms with Gasteiger partial charge >= 0.3 is 0 Å². The van der Waals surface area contributed by atoms with Gasteiger partial charge in [0, 0.05) is 31.2 Å². The van der Waals surface area contributed by atoms with Crippen LogP contribution < -0.4 is 16.2 Å². The summed E-state index contributed by atoms with van der Waals surface area (Å²) < 4.78 is 5.25. The minimum absolute atomic E-state index is 0.395. The molecule has 1 aliphatic carbocycles. The second-order valence-electron chi connectivity index (χ2n) is 5.74. The first-order chi connectivity index (χ1) is 10.1. The molecule has 0 spiro atoms. The van der Waals surface area contributed by atoms with Gasteiger partial charge in [-0.25, -0.2) is 15.8 Å². The van der Waals surface area contributed by atoms with Gasteiger partial charge in [0.2, 0.25) is 0 Å². The molecule has 2 rings (SSSR count). The van der Waals surface area contributed by atoms with Gasteiger partial charge in [0.1, 0.15) is 17.5 Å². The summed E-state index contributed by atoms with van der Waals surface area (Å²) in [4.78, 5) is 11.7. The van der Waals surface area contributed by atoms with E-state index in [4.69, 9.17) is 15.6 Å². The van der Waals surface area contributed by atoms with Gasteiger partial charge in [-0.05, 0) is 33.1 Å². The van der Waals surface area contributed by atoms with Crippen molar-refractivity contribution < 1.29 is 4.74 Å². The molecule has 1 fully saturated rings. The normalized spacial score (nSPS) is 15.9. The van der Waals surface area contributed by atoms with Crippen molar-refractivity contribution in [2.75, 3.05) is 30.6 Å². The fraction of sp³-hybridized carbons (Fsp3) is 0.733. The van der Waals surface area contributed by atoms with E-state index >= 15 is 0 Å². The molecule has 1 atom stereocenters. The van der Waals surface area contributed by atoms with Crippen LogP contribution >= 0.6 is 0 Å². The molecule has 1 aromatic heterocycles. The fourth-order valence-corrected chi connectivity index (χ4v) is 2.41. The Morgan fingerprint density at radius 2 is 2.14 bits per heavy atom. The van der Waals surface area contributed by atoms with E-state index in [2.05, 4.69) is 29.2 Å². The highest BCUT2D eigenvalue weighted by atomic mass is 16.5. The summed E-state index contributed by atoms with van der Waals surface area (Å²) in [6.07, 6.45) is 3.40. The van der Waals surface area contributed by atoms with Crippen LogP contribution in [0.15, 0.2) is 0 Å². The number of anilines is 2. The molecule has 0 saturated heterocycles. The van der Waals surface area contributed by atoms with Crippen molar-refractivity contribution in [1.29, 1.82) is 0 Å². The van der Waals surface area contributed by atoms with Crippen LogP contribution in [-0.4, -0.2) is 36.3 Å². The number of methoxy groups -OCH3 is 1. The van der Waals surface area contributed by atoms with E-state index in [0.717, 1.165) is 36.0 Å². The zero-order chi connectivity index (χ0) is 15.4. The van der Waals surface area contributed by atoms with E-state index < -0.39 is 0 Å². The van der Waals surface area contributed by atoms with Crippen molar-refractivity contribution in [3.8, 4) is 0 Å². The van der Waals surface area contributed by atoms with Gasteiger partial charge in [-0.3, -0.25) is 0 Å². The van der Waals surface area contributed by atoms with E-state index in [1.807, 2.05) is 6.92 Å². The minimum Gasteiger partial charge on any atom is -0.383 e. The Labute approximate surface area is 127 Å². The largest absolute Gasteiger partial charge is 0.383 e. The molecule has 1 heterocycles. The van der Waals surface area contributed by atoms with Crippen molar-refractivity contribution in [3.05, 3.63) is 11.4 Å². The maximum Gasteiger partial charge on any atom is 0.148 e. The first-order valence-corrected chi connectivity index (χ1v) is 7.73. The van der Waals surface area contributed by atoms with Gasteiger partial charge in [0.25, 0.3) is 0 Å². The number of nitrogens with one attached hydrogen (secondary N) is 1. The van der Waals surface area contributed by atoms with E-state index in [9.17, 15) is 0 Å². The van der Waals surface area contributed by atoms with Gasteiger partial charge in [0.15, 0.2) is 0 Å². The number of ether oxygens (including phenoxy) is 1. The summed E-state index contributed by atoms with van der Waals surface area (Å²) in [6.45, 7) is 7.91. The van der Waals surface area contributed by atoms with E-state index in [1.54, 1.807) is 7.11 Å². The molecule has 1 aromatic rings. The Kier molecular flexibility index (Phi) is 5.36. The van der Waals surface area contributed by atoms with Crippen molar-refractivity contribution in [3.63, 3.8) is 0 Å². The first-order valence-electron chi connectivity index (χ1n) is 7.73. The Bertz CT molecular complexity index is 475. The lowest BCUT2D eigenvalue weighted by molar-refractivity contribution is 0.203. The summed E-state index contributed by atoms with van der Waals surface area (Å²) in [5.41, 5.74) is 3.72. The summed E-state index contributed by atoms with van der Waals surface area (Å²) in [7, 11) is 1.73. The number of hydrogen-bond acceptors (Lipinski definition) is 6. The third-order valence-corrected chi connectivity index (χ3v) is 4.15. The van der Waals surface area contributed by atoms with E-state index in [0.29, 0.717) is 18.6 Å². The molecule has 0 bridgehead atoms. The third kappa shape index (κ3) is 3.63. The summed E-state index contributed by atoms with van der Waals surface area (Å²) >= 11 is 0. The predicted molar refractivity (Wildman–Crippen MR) is 85.5 cm³/mol. The summed E-state index contributed by atoms with van der Waals surface area (Å²) in [5.74, 6) is 8.75. The molecule has 118 valence electrons. The minimum atomic E-state index is 0.395. The molecule has 3 N–H and O–H groups in total. The molecule has 21 heavy (non-hydrogen) atoms. The first kappa shape index (κ1) is 16.0. The maximum atomic E-state index is 5.63. The molecule has 1 unspecified atom stereocenters. The quantitative estimate of drug-likeness (QED) is 0.565. The highest BCUT2D eigenvalue weighted by molar-refractivity contribution is 5.59. The number of aromatic nitrogens is 2. The topological polar surface area (TPSA) is 76.3 Å². The monoisotopic (exact) mass is 293 g/mol. The summed E-state index contributed by atoms with van der Waals surface area (Å²) in [6, 6.07) is 0.395. The second kappa shape index (κ2) is 7.04. The number of nitrogens with two attached hydrogens (primary N) is 1. The molecule has 1 aliphatic rings. The third-order valence-electron chi connectivity index (χ3n) is 4.15. The predicted octanol–water partition coefficient (Wildman–Crippen LogP) is 2.20. The molecule has 6 heteroatoms.